The molecule has 0 radical (unpaired) electrons. The largest absolute Gasteiger partial charge is 0.496 e. The number of methoxy groups -OCH3 is 1. The average Bonchev–Trinajstić information content (AvgIpc) is 2.54. The molecule has 0 saturated heterocycles. The Hall–Kier alpha value is -2.27. The van der Waals surface area contributed by atoms with Crippen LogP contribution in [0, 0.1) is 5.82 Å². The van der Waals surface area contributed by atoms with Crippen LogP contribution in [0.2, 0.25) is 5.02 Å². The van der Waals surface area contributed by atoms with E-state index in [4.69, 9.17) is 21.1 Å². The van der Waals surface area contributed by atoms with Gasteiger partial charge in [-0.3, -0.25) is 4.79 Å². The van der Waals surface area contributed by atoms with E-state index in [0.717, 1.165) is 5.56 Å². The van der Waals surface area contributed by atoms with Crippen molar-refractivity contribution < 1.29 is 18.7 Å². The van der Waals surface area contributed by atoms with Crippen molar-refractivity contribution in [1.29, 1.82) is 0 Å². The molecule has 0 heterocycles. The minimum atomic E-state index is -0.496. The molecule has 0 aliphatic rings. The lowest BCUT2D eigenvalue weighted by molar-refractivity contribution is -0.123. The van der Waals surface area contributed by atoms with Gasteiger partial charge in [0.1, 0.15) is 5.75 Å². The highest BCUT2D eigenvalue weighted by Gasteiger charge is 2.07. The number of hydrogen-bond acceptors (Lipinski definition) is 3. The first-order valence-corrected chi connectivity index (χ1v) is 7.44. The topological polar surface area (TPSA) is 47.6 Å². The Morgan fingerprint density at radius 1 is 1.22 bits per heavy atom. The molecule has 0 saturated carbocycles. The third-order valence-corrected chi connectivity index (χ3v) is 3.39. The quantitative estimate of drug-likeness (QED) is 0.844. The van der Waals surface area contributed by atoms with Crippen LogP contribution in [0.4, 0.5) is 4.39 Å². The Balaban J connectivity index is 1.79. The maximum atomic E-state index is 13.4. The molecule has 0 aliphatic heterocycles. The number of amides is 1. The highest BCUT2D eigenvalue weighted by Crippen LogP contribution is 2.22. The van der Waals surface area contributed by atoms with Gasteiger partial charge in [-0.05, 0) is 42.3 Å². The molecule has 2 aromatic carbocycles. The van der Waals surface area contributed by atoms with Gasteiger partial charge in [0.15, 0.2) is 18.2 Å². The first-order valence-electron chi connectivity index (χ1n) is 7.06. The zero-order valence-electron chi connectivity index (χ0n) is 12.6. The summed E-state index contributed by atoms with van der Waals surface area (Å²) >= 11 is 5.95. The van der Waals surface area contributed by atoms with Crippen molar-refractivity contribution >= 4 is 17.5 Å². The van der Waals surface area contributed by atoms with Gasteiger partial charge in [0.2, 0.25) is 0 Å². The summed E-state index contributed by atoms with van der Waals surface area (Å²) in [6, 6.07) is 11.3. The molecule has 23 heavy (non-hydrogen) atoms. The van der Waals surface area contributed by atoms with Gasteiger partial charge in [-0.25, -0.2) is 4.39 Å². The van der Waals surface area contributed by atoms with Crippen molar-refractivity contribution in [1.82, 2.24) is 5.32 Å². The van der Waals surface area contributed by atoms with Crippen LogP contribution in [-0.2, 0) is 11.2 Å². The van der Waals surface area contributed by atoms with Gasteiger partial charge in [0.05, 0.1) is 7.11 Å². The standard InChI is InChI=1S/C17H17ClFNO3/c1-22-15-7-6-13(18)10-12(15)8-9-20-17(21)11-23-16-5-3-2-4-14(16)19/h2-7,10H,8-9,11H2,1H3,(H,20,21). The Labute approximate surface area is 139 Å². The van der Waals surface area contributed by atoms with Crippen molar-refractivity contribution in [2.75, 3.05) is 20.3 Å². The molecule has 6 heteroatoms. The van der Waals surface area contributed by atoms with Gasteiger partial charge in [-0.1, -0.05) is 23.7 Å². The van der Waals surface area contributed by atoms with Gasteiger partial charge in [-0.15, -0.1) is 0 Å². The zero-order chi connectivity index (χ0) is 16.7. The highest BCUT2D eigenvalue weighted by atomic mass is 35.5. The summed E-state index contributed by atoms with van der Waals surface area (Å²) in [5.41, 5.74) is 0.898. The molecule has 0 spiro atoms. The molecular weight excluding hydrogens is 321 g/mol. The summed E-state index contributed by atoms with van der Waals surface area (Å²) in [7, 11) is 1.58. The van der Waals surface area contributed by atoms with Crippen molar-refractivity contribution in [3.63, 3.8) is 0 Å². The Kier molecular flexibility index (Phi) is 6.23. The first kappa shape index (κ1) is 17.1. The third-order valence-electron chi connectivity index (χ3n) is 3.15. The lowest BCUT2D eigenvalue weighted by Gasteiger charge is -2.10. The van der Waals surface area contributed by atoms with E-state index in [2.05, 4.69) is 5.32 Å². The molecule has 2 rings (SSSR count). The SMILES string of the molecule is COc1ccc(Cl)cc1CCNC(=O)COc1ccccc1F. The smallest absolute Gasteiger partial charge is 0.257 e. The molecule has 0 unspecified atom stereocenters. The molecule has 1 N–H and O–H groups in total. The predicted molar refractivity (Wildman–Crippen MR) is 86.6 cm³/mol. The minimum Gasteiger partial charge on any atom is -0.496 e. The van der Waals surface area contributed by atoms with Crippen LogP contribution in [-0.4, -0.2) is 26.2 Å². The molecule has 0 fully saturated rings. The van der Waals surface area contributed by atoms with Crippen molar-refractivity contribution in [3.8, 4) is 11.5 Å². The fourth-order valence-electron chi connectivity index (χ4n) is 2.04. The van der Waals surface area contributed by atoms with Crippen LogP contribution in [0.25, 0.3) is 0 Å². The fourth-order valence-corrected chi connectivity index (χ4v) is 2.23. The normalized spacial score (nSPS) is 10.2. The van der Waals surface area contributed by atoms with Crippen LogP contribution >= 0.6 is 11.6 Å². The first-order chi connectivity index (χ1) is 11.1. The second kappa shape index (κ2) is 8.39. The number of nitrogens with one attached hydrogen (secondary N) is 1. The Morgan fingerprint density at radius 3 is 2.74 bits per heavy atom. The summed E-state index contributed by atoms with van der Waals surface area (Å²) in [6.07, 6.45) is 0.565. The highest BCUT2D eigenvalue weighted by molar-refractivity contribution is 6.30. The number of carbonyl (C=O) groups is 1. The van der Waals surface area contributed by atoms with Gasteiger partial charge < -0.3 is 14.8 Å². The molecule has 4 nitrogen and oxygen atoms in total. The van der Waals surface area contributed by atoms with Crippen molar-refractivity contribution in [2.24, 2.45) is 0 Å². The van der Waals surface area contributed by atoms with Crippen molar-refractivity contribution in [3.05, 3.63) is 58.9 Å². The van der Waals surface area contributed by atoms with Gasteiger partial charge >= 0.3 is 0 Å². The van der Waals surface area contributed by atoms with E-state index in [1.165, 1.54) is 12.1 Å². The lowest BCUT2D eigenvalue weighted by atomic mass is 10.1. The van der Waals surface area contributed by atoms with E-state index in [9.17, 15) is 9.18 Å². The number of rotatable bonds is 7. The van der Waals surface area contributed by atoms with Crippen LogP contribution in [0.5, 0.6) is 11.5 Å². The van der Waals surface area contributed by atoms with Crippen molar-refractivity contribution in [2.45, 2.75) is 6.42 Å². The van der Waals surface area contributed by atoms with Crippen LogP contribution in [0.1, 0.15) is 5.56 Å². The lowest BCUT2D eigenvalue weighted by Crippen LogP contribution is -2.30. The Morgan fingerprint density at radius 2 is 2.00 bits per heavy atom. The zero-order valence-corrected chi connectivity index (χ0v) is 13.4. The summed E-state index contributed by atoms with van der Waals surface area (Å²) in [6.45, 7) is 0.157. The van der Waals surface area contributed by atoms with Crippen LogP contribution < -0.4 is 14.8 Å². The van der Waals surface area contributed by atoms with Gasteiger partial charge in [-0.2, -0.15) is 0 Å². The maximum absolute atomic E-state index is 13.4. The number of carbonyl (C=O) groups excluding carboxylic acids is 1. The number of halogens is 2. The molecule has 0 atom stereocenters. The third kappa shape index (κ3) is 5.14. The molecule has 122 valence electrons. The number of para-hydroxylation sites is 1. The summed E-state index contributed by atoms with van der Waals surface area (Å²) in [5, 5.41) is 3.31. The molecule has 0 aliphatic carbocycles. The van der Waals surface area contributed by atoms with Gasteiger partial charge in [0.25, 0.3) is 5.91 Å². The summed E-state index contributed by atoms with van der Waals surface area (Å²) in [4.78, 5) is 11.7. The molecule has 0 aromatic heterocycles. The predicted octanol–water partition coefficient (Wildman–Crippen LogP) is 3.23. The van der Waals surface area contributed by atoms with E-state index in [1.807, 2.05) is 0 Å². The second-order valence-corrected chi connectivity index (χ2v) is 5.21. The molecule has 2 aromatic rings. The number of benzene rings is 2. The summed E-state index contributed by atoms with van der Waals surface area (Å²) < 4.78 is 23.7. The van der Waals surface area contributed by atoms with E-state index in [0.29, 0.717) is 23.7 Å². The molecule has 1 amide bonds. The van der Waals surface area contributed by atoms with Crippen LogP contribution in [0.15, 0.2) is 42.5 Å². The molecule has 0 bridgehead atoms. The maximum Gasteiger partial charge on any atom is 0.257 e. The fraction of sp³-hybridized carbons (Fsp3) is 0.235. The monoisotopic (exact) mass is 337 g/mol. The second-order valence-electron chi connectivity index (χ2n) is 4.78. The minimum absolute atomic E-state index is 0.0548. The van der Waals surface area contributed by atoms with E-state index < -0.39 is 5.82 Å². The van der Waals surface area contributed by atoms with Crippen LogP contribution in [0.3, 0.4) is 0 Å². The summed E-state index contributed by atoms with van der Waals surface area (Å²) in [5.74, 6) is -0.0522. The Bertz CT molecular complexity index is 679. The molecular formula is C17H17ClFNO3. The van der Waals surface area contributed by atoms with Gasteiger partial charge in [0, 0.05) is 11.6 Å². The van der Waals surface area contributed by atoms with E-state index in [-0.39, 0.29) is 18.3 Å². The van der Waals surface area contributed by atoms with E-state index >= 15 is 0 Å². The number of ether oxygens (including phenoxy) is 2. The van der Waals surface area contributed by atoms with E-state index in [1.54, 1.807) is 37.4 Å². The average molecular weight is 338 g/mol. The number of hydrogen-bond donors (Lipinski definition) is 1.